The van der Waals surface area contributed by atoms with Crippen LogP contribution in [0.3, 0.4) is 0 Å². The van der Waals surface area contributed by atoms with E-state index < -0.39 is 24.1 Å². The number of ether oxygens (including phenoxy) is 2. The first-order chi connectivity index (χ1) is 15.0. The molecule has 170 valence electrons. The molecule has 0 radical (unpaired) electrons. The lowest BCUT2D eigenvalue weighted by molar-refractivity contribution is -0.352. The van der Waals surface area contributed by atoms with Crippen LogP contribution >= 0.6 is 0 Å². The third kappa shape index (κ3) is 3.70. The van der Waals surface area contributed by atoms with Gasteiger partial charge in [-0.3, -0.25) is 4.79 Å². The maximum atomic E-state index is 13.6. The average Bonchev–Trinajstić information content (AvgIpc) is 3.07. The van der Waals surface area contributed by atoms with Crippen molar-refractivity contribution in [3.63, 3.8) is 0 Å². The predicted octanol–water partition coefficient (Wildman–Crippen LogP) is 6.00. The van der Waals surface area contributed by atoms with Crippen LogP contribution in [0.4, 0.5) is 22.0 Å². The highest BCUT2D eigenvalue weighted by atomic mass is 19.4. The summed E-state index contributed by atoms with van der Waals surface area (Å²) < 4.78 is 75.7. The van der Waals surface area contributed by atoms with Gasteiger partial charge in [0.1, 0.15) is 11.9 Å². The van der Waals surface area contributed by atoms with Gasteiger partial charge in [-0.2, -0.15) is 22.0 Å². The number of carbonyl (C=O) groups is 1. The lowest BCUT2D eigenvalue weighted by atomic mass is 9.89. The van der Waals surface area contributed by atoms with Crippen molar-refractivity contribution in [1.82, 2.24) is 0 Å². The zero-order valence-corrected chi connectivity index (χ0v) is 17.3. The molecule has 1 saturated heterocycles. The van der Waals surface area contributed by atoms with Crippen LogP contribution in [-0.4, -0.2) is 37.2 Å². The van der Waals surface area contributed by atoms with E-state index in [4.69, 9.17) is 4.74 Å². The molecule has 0 saturated carbocycles. The SMILES string of the molecule is C=C(C)C(=O)c1ccc2c(c1OCCC1COC1C(F)(F)C(F)(F)F)Cc1ccccc1-2. The minimum atomic E-state index is -5.68. The molecule has 1 heterocycles. The zero-order chi connectivity index (χ0) is 23.3. The molecule has 2 unspecified atom stereocenters. The Morgan fingerprint density at radius 3 is 2.47 bits per heavy atom. The molecule has 0 spiro atoms. The van der Waals surface area contributed by atoms with Gasteiger partial charge in [0.2, 0.25) is 0 Å². The van der Waals surface area contributed by atoms with E-state index in [9.17, 15) is 26.7 Å². The standard InChI is InChI=1S/C24H21F5O3/c1-13(2)20(30)18-8-7-17-16-6-4-3-5-14(16)11-19(17)21(18)31-10-9-15-12-32-22(15)23(25,26)24(27,28)29/h3-8,15,22H,1,9-12H2,2H3. The molecule has 2 atom stereocenters. The predicted molar refractivity (Wildman–Crippen MR) is 108 cm³/mol. The highest BCUT2D eigenvalue weighted by Gasteiger charge is 2.67. The monoisotopic (exact) mass is 452 g/mol. The largest absolute Gasteiger partial charge is 0.492 e. The van der Waals surface area contributed by atoms with Gasteiger partial charge in [-0.25, -0.2) is 0 Å². The second-order valence-corrected chi connectivity index (χ2v) is 8.18. The molecular formula is C24H21F5O3. The summed E-state index contributed by atoms with van der Waals surface area (Å²) in [7, 11) is 0. The molecular weight excluding hydrogens is 431 g/mol. The van der Waals surface area contributed by atoms with Gasteiger partial charge in [0.25, 0.3) is 0 Å². The molecule has 1 aliphatic carbocycles. The fourth-order valence-corrected chi connectivity index (χ4v) is 4.19. The molecule has 0 amide bonds. The molecule has 1 fully saturated rings. The number of fused-ring (bicyclic) bond motifs is 3. The van der Waals surface area contributed by atoms with E-state index in [0.717, 1.165) is 22.3 Å². The van der Waals surface area contributed by atoms with Gasteiger partial charge in [-0.15, -0.1) is 0 Å². The van der Waals surface area contributed by atoms with Gasteiger partial charge in [0, 0.05) is 17.9 Å². The molecule has 2 aliphatic rings. The minimum absolute atomic E-state index is 0.0619. The molecule has 0 aromatic heterocycles. The summed E-state index contributed by atoms with van der Waals surface area (Å²) in [5, 5.41) is 0. The van der Waals surface area contributed by atoms with E-state index in [-0.39, 0.29) is 25.4 Å². The number of allylic oxidation sites excluding steroid dienone is 1. The lowest BCUT2D eigenvalue weighted by Gasteiger charge is -2.41. The molecule has 32 heavy (non-hydrogen) atoms. The molecule has 3 nitrogen and oxygen atoms in total. The van der Waals surface area contributed by atoms with Crippen LogP contribution in [0.5, 0.6) is 5.75 Å². The van der Waals surface area contributed by atoms with Crippen molar-refractivity contribution in [2.75, 3.05) is 13.2 Å². The first-order valence-corrected chi connectivity index (χ1v) is 10.2. The summed E-state index contributed by atoms with van der Waals surface area (Å²) in [6.07, 6.45) is -7.44. The number of halogens is 5. The van der Waals surface area contributed by atoms with Crippen LogP contribution in [0.1, 0.15) is 34.8 Å². The van der Waals surface area contributed by atoms with E-state index in [0.29, 0.717) is 23.3 Å². The third-order valence-electron chi connectivity index (χ3n) is 5.96. The van der Waals surface area contributed by atoms with Crippen molar-refractivity contribution in [1.29, 1.82) is 0 Å². The third-order valence-corrected chi connectivity index (χ3v) is 5.96. The Kier molecular flexibility index (Phi) is 5.61. The molecule has 4 rings (SSSR count). The maximum Gasteiger partial charge on any atom is 0.456 e. The van der Waals surface area contributed by atoms with Crippen LogP contribution in [0, 0.1) is 5.92 Å². The lowest BCUT2D eigenvalue weighted by Crippen LogP contribution is -2.58. The van der Waals surface area contributed by atoms with Crippen LogP contribution in [0.15, 0.2) is 48.6 Å². The molecule has 2 aromatic carbocycles. The summed E-state index contributed by atoms with van der Waals surface area (Å²) in [6, 6.07) is 11.2. The Morgan fingerprint density at radius 2 is 1.84 bits per heavy atom. The number of benzene rings is 2. The van der Waals surface area contributed by atoms with Crippen LogP contribution in [-0.2, 0) is 11.2 Å². The van der Waals surface area contributed by atoms with E-state index in [1.807, 2.05) is 30.3 Å². The normalized spacial score (nSPS) is 19.7. The van der Waals surface area contributed by atoms with Crippen molar-refractivity contribution >= 4 is 5.78 Å². The minimum Gasteiger partial charge on any atom is -0.492 e. The van der Waals surface area contributed by atoms with Gasteiger partial charge in [0.05, 0.1) is 18.8 Å². The van der Waals surface area contributed by atoms with Crippen molar-refractivity contribution in [3.8, 4) is 16.9 Å². The molecule has 1 aliphatic heterocycles. The van der Waals surface area contributed by atoms with Crippen molar-refractivity contribution in [3.05, 3.63) is 65.2 Å². The number of carbonyl (C=O) groups excluding carboxylic acids is 1. The number of hydrogen-bond acceptors (Lipinski definition) is 3. The summed E-state index contributed by atoms with van der Waals surface area (Å²) in [6.45, 7) is 4.94. The van der Waals surface area contributed by atoms with E-state index in [2.05, 4.69) is 11.3 Å². The van der Waals surface area contributed by atoms with Crippen LogP contribution in [0.2, 0.25) is 0 Å². The molecule has 2 aromatic rings. The molecule has 0 bridgehead atoms. The Hall–Kier alpha value is -2.74. The van der Waals surface area contributed by atoms with E-state index in [1.54, 1.807) is 13.0 Å². The fourth-order valence-electron chi connectivity index (χ4n) is 4.19. The van der Waals surface area contributed by atoms with Gasteiger partial charge < -0.3 is 9.47 Å². The average molecular weight is 452 g/mol. The van der Waals surface area contributed by atoms with Crippen LogP contribution < -0.4 is 4.74 Å². The zero-order valence-electron chi connectivity index (χ0n) is 17.3. The second-order valence-electron chi connectivity index (χ2n) is 8.18. The van der Waals surface area contributed by atoms with E-state index >= 15 is 0 Å². The summed E-state index contributed by atoms with van der Waals surface area (Å²) in [5.41, 5.74) is 4.37. The Bertz CT molecular complexity index is 1070. The first-order valence-electron chi connectivity index (χ1n) is 10.2. The van der Waals surface area contributed by atoms with Gasteiger partial charge in [0.15, 0.2) is 5.78 Å². The maximum absolute atomic E-state index is 13.6. The highest BCUT2D eigenvalue weighted by Crippen LogP contribution is 2.47. The van der Waals surface area contributed by atoms with Gasteiger partial charge in [-0.05, 0) is 41.7 Å². The van der Waals surface area contributed by atoms with E-state index in [1.165, 1.54) is 0 Å². The Balaban J connectivity index is 1.56. The summed E-state index contributed by atoms with van der Waals surface area (Å²) in [5.74, 6) is -5.91. The van der Waals surface area contributed by atoms with Crippen molar-refractivity contribution in [2.45, 2.75) is 38.0 Å². The highest BCUT2D eigenvalue weighted by molar-refractivity contribution is 6.10. The van der Waals surface area contributed by atoms with Crippen LogP contribution in [0.25, 0.3) is 11.1 Å². The second kappa shape index (κ2) is 7.99. The van der Waals surface area contributed by atoms with Gasteiger partial charge >= 0.3 is 12.1 Å². The number of rotatable bonds is 7. The fraction of sp³-hybridized carbons (Fsp3) is 0.375. The van der Waals surface area contributed by atoms with Gasteiger partial charge in [-0.1, -0.05) is 36.9 Å². The topological polar surface area (TPSA) is 35.5 Å². The number of alkyl halides is 5. The Morgan fingerprint density at radius 1 is 1.12 bits per heavy atom. The van der Waals surface area contributed by atoms with Crippen molar-refractivity contribution in [2.24, 2.45) is 5.92 Å². The number of Topliss-reactive ketones (excluding diaryl/α,β-unsaturated/α-hetero) is 1. The first kappa shape index (κ1) is 22.5. The summed E-state index contributed by atoms with van der Waals surface area (Å²) in [4.78, 5) is 12.7. The molecule has 8 heteroatoms. The number of hydrogen-bond donors (Lipinski definition) is 0. The van der Waals surface area contributed by atoms with Crippen molar-refractivity contribution < 1.29 is 36.2 Å². The quantitative estimate of drug-likeness (QED) is 0.251. The number of ketones is 1. The Labute approximate surface area is 181 Å². The summed E-state index contributed by atoms with van der Waals surface area (Å²) >= 11 is 0. The molecule has 0 N–H and O–H groups in total. The smallest absolute Gasteiger partial charge is 0.456 e.